The van der Waals surface area contributed by atoms with E-state index in [2.05, 4.69) is 10.0 Å². The number of aliphatic hydroxyl groups excluding tert-OH is 1. The number of carbonyl (C=O) groups is 1. The van der Waals surface area contributed by atoms with Crippen molar-refractivity contribution in [1.29, 1.82) is 0 Å². The molecule has 0 bridgehead atoms. The van der Waals surface area contributed by atoms with Gasteiger partial charge in [-0.2, -0.15) is 0 Å². The lowest BCUT2D eigenvalue weighted by atomic mass is 9.84. The fourth-order valence-electron chi connectivity index (χ4n) is 4.57. The number of esters is 1. The number of sulfone groups is 1. The summed E-state index contributed by atoms with van der Waals surface area (Å²) in [6.45, 7) is 0.348. The number of nitrogens with zero attached hydrogens (tertiary/aromatic N) is 4. The molecule has 0 unspecified atom stereocenters. The monoisotopic (exact) mass is 578 g/mol. The van der Waals surface area contributed by atoms with Gasteiger partial charge in [-0.25, -0.2) is 18.2 Å². The molecule has 0 radical (unpaired) electrons. The van der Waals surface area contributed by atoms with Crippen molar-refractivity contribution in [1.82, 2.24) is 0 Å². The Balaban J connectivity index is 1.78. The third-order valence-corrected chi connectivity index (χ3v) is 8.40. The maximum absolute atomic E-state index is 13.5. The van der Waals surface area contributed by atoms with Crippen LogP contribution < -0.4 is 4.74 Å². The smallest absolute Gasteiger partial charge is 0.338 e. The van der Waals surface area contributed by atoms with E-state index in [0.29, 0.717) is 35.5 Å². The molecule has 0 amide bonds. The molecule has 3 aromatic carbocycles. The van der Waals surface area contributed by atoms with Crippen molar-refractivity contribution in [3.05, 3.63) is 106 Å². The second kappa shape index (κ2) is 13.3. The first-order chi connectivity index (χ1) is 19.8. The van der Waals surface area contributed by atoms with Crippen LogP contribution in [-0.2, 0) is 30.7 Å². The van der Waals surface area contributed by atoms with Crippen molar-refractivity contribution in [2.75, 3.05) is 26.1 Å². The highest BCUT2D eigenvalue weighted by atomic mass is 32.2. The van der Waals surface area contributed by atoms with Crippen molar-refractivity contribution in [3.63, 3.8) is 0 Å². The first-order valence-electron chi connectivity index (χ1n) is 12.9. The minimum atomic E-state index is -3.79. The van der Waals surface area contributed by atoms with E-state index in [9.17, 15) is 13.2 Å². The van der Waals surface area contributed by atoms with Crippen molar-refractivity contribution in [3.8, 4) is 5.75 Å². The maximum Gasteiger partial charge on any atom is 0.338 e. The van der Waals surface area contributed by atoms with Gasteiger partial charge < -0.3 is 19.3 Å². The molecule has 0 spiro atoms. The zero-order chi connectivity index (χ0) is 29.3. The molecule has 1 aliphatic rings. The van der Waals surface area contributed by atoms with Gasteiger partial charge >= 0.3 is 5.97 Å². The molecule has 4 rings (SSSR count). The lowest BCUT2D eigenvalue weighted by molar-refractivity contribution is -0.150. The Labute approximate surface area is 238 Å². The first-order valence-corrected chi connectivity index (χ1v) is 14.6. The topological polar surface area (TPSA) is 160 Å². The van der Waals surface area contributed by atoms with Crippen LogP contribution in [0.15, 0.2) is 93.9 Å². The molecule has 12 heteroatoms. The summed E-state index contributed by atoms with van der Waals surface area (Å²) in [6, 6.07) is 21.8. The summed E-state index contributed by atoms with van der Waals surface area (Å²) in [4.78, 5) is 21.2. The molecule has 0 aliphatic carbocycles. The van der Waals surface area contributed by atoms with Crippen LogP contribution in [0.2, 0.25) is 0 Å². The molecule has 214 valence electrons. The molecule has 41 heavy (non-hydrogen) atoms. The maximum atomic E-state index is 13.5. The first kappa shape index (κ1) is 29.6. The summed E-state index contributed by atoms with van der Waals surface area (Å²) in [5, 5.41) is 12.7. The SMILES string of the molecule is COC(=O)[C@]1(CCS(=O)(=O)c2ccccc2)N=C(c2ccc(OCCCO)cc2)O[C@@H]1c1ccccc1CN=[N+]=[N-]. The number of hydrogen-bond donors (Lipinski definition) is 1. The summed E-state index contributed by atoms with van der Waals surface area (Å²) >= 11 is 0. The highest BCUT2D eigenvalue weighted by molar-refractivity contribution is 7.91. The molecule has 0 aromatic heterocycles. The summed E-state index contributed by atoms with van der Waals surface area (Å²) in [5.41, 5.74) is 8.81. The third-order valence-electron chi connectivity index (χ3n) is 6.67. The summed E-state index contributed by atoms with van der Waals surface area (Å²) < 4.78 is 43.7. The Hall–Kier alpha value is -4.38. The second-order valence-electron chi connectivity index (χ2n) is 9.25. The van der Waals surface area contributed by atoms with E-state index in [1.54, 1.807) is 66.7 Å². The van der Waals surface area contributed by atoms with E-state index in [1.807, 2.05) is 0 Å². The number of aliphatic imine (C=N–C) groups is 1. The highest BCUT2D eigenvalue weighted by Gasteiger charge is 2.55. The van der Waals surface area contributed by atoms with Gasteiger partial charge in [0, 0.05) is 29.9 Å². The summed E-state index contributed by atoms with van der Waals surface area (Å²) in [6.07, 6.45) is -0.813. The van der Waals surface area contributed by atoms with Gasteiger partial charge in [0.25, 0.3) is 0 Å². The molecular formula is C29H30N4O7S. The molecule has 0 fully saturated rings. The number of ether oxygens (including phenoxy) is 3. The van der Waals surface area contributed by atoms with Crippen LogP contribution in [0.4, 0.5) is 0 Å². The molecule has 1 aliphatic heterocycles. The van der Waals surface area contributed by atoms with E-state index >= 15 is 0 Å². The Morgan fingerprint density at radius 1 is 1.10 bits per heavy atom. The Morgan fingerprint density at radius 2 is 1.80 bits per heavy atom. The minimum Gasteiger partial charge on any atom is -0.494 e. The van der Waals surface area contributed by atoms with E-state index in [-0.39, 0.29) is 30.4 Å². The zero-order valence-corrected chi connectivity index (χ0v) is 23.2. The zero-order valence-electron chi connectivity index (χ0n) is 22.4. The predicted molar refractivity (Wildman–Crippen MR) is 151 cm³/mol. The normalized spacial score (nSPS) is 18.1. The van der Waals surface area contributed by atoms with Crippen LogP contribution in [0.3, 0.4) is 0 Å². The Kier molecular flexibility index (Phi) is 9.61. The van der Waals surface area contributed by atoms with Crippen molar-refractivity contribution in [2.24, 2.45) is 10.1 Å². The average molecular weight is 579 g/mol. The van der Waals surface area contributed by atoms with Gasteiger partial charge in [-0.05, 0) is 53.1 Å². The molecule has 3 aromatic rings. The molecular weight excluding hydrogens is 548 g/mol. The molecule has 1 N–H and O–H groups in total. The van der Waals surface area contributed by atoms with Gasteiger partial charge in [-0.3, -0.25) is 0 Å². The number of rotatable bonds is 13. The summed E-state index contributed by atoms with van der Waals surface area (Å²) in [7, 11) is -2.58. The van der Waals surface area contributed by atoms with Crippen LogP contribution in [0, 0.1) is 0 Å². The van der Waals surface area contributed by atoms with Crippen LogP contribution in [0.25, 0.3) is 10.4 Å². The lowest BCUT2D eigenvalue weighted by Gasteiger charge is -2.30. The number of hydrogen-bond acceptors (Lipinski definition) is 9. The van der Waals surface area contributed by atoms with E-state index in [1.165, 1.54) is 19.2 Å². The van der Waals surface area contributed by atoms with Crippen LogP contribution >= 0.6 is 0 Å². The standard InChI is InChI=1S/C29H30N4O7S/c1-38-28(35)29(16-19-41(36,37)24-9-3-2-4-10-24)26(25-11-6-5-8-22(25)20-31-33-30)40-27(32-29)21-12-14-23(15-13-21)39-18-7-17-34/h2-6,8-15,26,34H,7,16-20H2,1H3/t26-,29-/m1/s1. The van der Waals surface area contributed by atoms with Crippen LogP contribution in [0.1, 0.15) is 35.6 Å². The minimum absolute atomic E-state index is 0.0126. The lowest BCUT2D eigenvalue weighted by Crippen LogP contribution is -2.43. The average Bonchev–Trinajstić information content (AvgIpc) is 3.40. The van der Waals surface area contributed by atoms with Gasteiger partial charge in [0.05, 0.1) is 30.9 Å². The van der Waals surface area contributed by atoms with E-state index in [0.717, 1.165) is 0 Å². The third kappa shape index (κ3) is 6.68. The molecule has 11 nitrogen and oxygen atoms in total. The van der Waals surface area contributed by atoms with Crippen LogP contribution in [-0.4, -0.2) is 57.0 Å². The quantitative estimate of drug-likeness (QED) is 0.102. The summed E-state index contributed by atoms with van der Waals surface area (Å²) in [5.74, 6) is -0.467. The fraction of sp³-hybridized carbons (Fsp3) is 0.310. The van der Waals surface area contributed by atoms with Crippen LogP contribution in [0.5, 0.6) is 5.75 Å². The number of methoxy groups -OCH3 is 1. The van der Waals surface area contributed by atoms with Gasteiger partial charge in [0.2, 0.25) is 11.4 Å². The number of benzene rings is 3. The predicted octanol–water partition coefficient (Wildman–Crippen LogP) is 4.55. The molecule has 1 heterocycles. The van der Waals surface area contributed by atoms with E-state index < -0.39 is 33.2 Å². The second-order valence-corrected chi connectivity index (χ2v) is 11.4. The van der Waals surface area contributed by atoms with Gasteiger partial charge in [-0.1, -0.05) is 47.6 Å². The van der Waals surface area contributed by atoms with Crippen molar-refractivity contribution < 1.29 is 32.5 Å². The van der Waals surface area contributed by atoms with Crippen molar-refractivity contribution in [2.45, 2.75) is 35.9 Å². The number of azide groups is 1. The highest BCUT2D eigenvalue weighted by Crippen LogP contribution is 2.44. The molecule has 0 saturated heterocycles. The van der Waals surface area contributed by atoms with Gasteiger partial charge in [-0.15, -0.1) is 0 Å². The fourth-order valence-corrected chi connectivity index (χ4v) is 5.96. The Morgan fingerprint density at radius 3 is 2.49 bits per heavy atom. The van der Waals surface area contributed by atoms with Gasteiger partial charge in [0.15, 0.2) is 15.9 Å². The molecule has 2 atom stereocenters. The Bertz CT molecular complexity index is 1540. The van der Waals surface area contributed by atoms with Gasteiger partial charge in [0.1, 0.15) is 5.75 Å². The van der Waals surface area contributed by atoms with Crippen molar-refractivity contribution >= 4 is 21.7 Å². The number of aliphatic hydroxyl groups is 1. The van der Waals surface area contributed by atoms with E-state index in [4.69, 9.17) is 29.8 Å². The number of carbonyl (C=O) groups excluding carboxylic acids is 1. The molecule has 0 saturated carbocycles. The largest absolute Gasteiger partial charge is 0.494 e.